The number of nitrogens with zero attached hydrogens (tertiary/aromatic N) is 1. The second kappa shape index (κ2) is 7.53. The molecule has 3 unspecified atom stereocenters. The molecule has 1 amide bonds. The summed E-state index contributed by atoms with van der Waals surface area (Å²) in [4.78, 5) is 15.2. The molecule has 0 saturated carbocycles. The van der Waals surface area contributed by atoms with E-state index < -0.39 is 0 Å². The van der Waals surface area contributed by atoms with Crippen molar-refractivity contribution in [1.82, 2.24) is 15.8 Å². The molecule has 3 rings (SSSR count). The zero-order valence-electron chi connectivity index (χ0n) is 14.9. The predicted molar refractivity (Wildman–Crippen MR) is 94.9 cm³/mol. The molecule has 2 fully saturated rings. The molecular weight excluding hydrogens is 302 g/mol. The van der Waals surface area contributed by atoms with E-state index >= 15 is 0 Å². The summed E-state index contributed by atoms with van der Waals surface area (Å²) in [7, 11) is 1.69. The predicted octanol–water partition coefficient (Wildman–Crippen LogP) is 2.29. The van der Waals surface area contributed by atoms with Crippen molar-refractivity contribution in [1.29, 1.82) is 0 Å². The van der Waals surface area contributed by atoms with Crippen molar-refractivity contribution in [3.8, 4) is 5.75 Å². The number of likely N-dealkylation sites (tertiary alicyclic amines) is 1. The molecule has 0 aromatic heterocycles. The molecule has 24 heavy (non-hydrogen) atoms. The zero-order chi connectivity index (χ0) is 17.1. The Labute approximate surface area is 144 Å². The molecule has 2 aliphatic rings. The van der Waals surface area contributed by atoms with Crippen LogP contribution in [0.5, 0.6) is 5.75 Å². The van der Waals surface area contributed by atoms with Gasteiger partial charge in [0.1, 0.15) is 5.75 Å². The van der Waals surface area contributed by atoms with Crippen molar-refractivity contribution in [2.45, 2.75) is 51.1 Å². The number of ether oxygens (including phenoxy) is 1. The summed E-state index contributed by atoms with van der Waals surface area (Å²) in [6.45, 7) is 5.86. The number of carbonyl (C=O) groups excluding carboxylic acids is 1. The Morgan fingerprint density at radius 3 is 2.42 bits per heavy atom. The van der Waals surface area contributed by atoms with Gasteiger partial charge < -0.3 is 9.64 Å². The lowest BCUT2D eigenvalue weighted by molar-refractivity contribution is -0.136. The fourth-order valence-electron chi connectivity index (χ4n) is 4.00. The molecule has 0 aliphatic carbocycles. The first kappa shape index (κ1) is 17.2. The van der Waals surface area contributed by atoms with Crippen LogP contribution in [0.25, 0.3) is 0 Å². The summed E-state index contributed by atoms with van der Waals surface area (Å²) < 4.78 is 5.25. The van der Waals surface area contributed by atoms with E-state index in [1.807, 2.05) is 12.1 Å². The smallest absolute Gasteiger partial charge is 0.228 e. The monoisotopic (exact) mass is 331 g/mol. The van der Waals surface area contributed by atoms with Crippen LogP contribution in [0.4, 0.5) is 0 Å². The quantitative estimate of drug-likeness (QED) is 0.892. The van der Waals surface area contributed by atoms with E-state index in [2.05, 4.69) is 41.7 Å². The Hall–Kier alpha value is -1.59. The lowest BCUT2D eigenvalue weighted by atomic mass is 9.92. The molecule has 132 valence electrons. The van der Waals surface area contributed by atoms with E-state index in [1.165, 1.54) is 12.0 Å². The number of amides is 1. The van der Waals surface area contributed by atoms with Crippen molar-refractivity contribution >= 4 is 5.91 Å². The first-order chi connectivity index (χ1) is 11.6. The van der Waals surface area contributed by atoms with Crippen LogP contribution < -0.4 is 15.6 Å². The Morgan fingerprint density at radius 2 is 1.79 bits per heavy atom. The highest BCUT2D eigenvalue weighted by atomic mass is 16.5. The summed E-state index contributed by atoms with van der Waals surface area (Å²) in [6.07, 6.45) is 3.41. The lowest BCUT2D eigenvalue weighted by Gasteiger charge is -2.29. The maximum atomic E-state index is 13.1. The van der Waals surface area contributed by atoms with Crippen molar-refractivity contribution in [2.75, 3.05) is 20.2 Å². The highest BCUT2D eigenvalue weighted by molar-refractivity contribution is 5.80. The Bertz CT molecular complexity index is 550. The number of hydrazine groups is 1. The number of methoxy groups -OCH3 is 1. The van der Waals surface area contributed by atoms with Crippen LogP contribution in [-0.4, -0.2) is 43.1 Å². The summed E-state index contributed by atoms with van der Waals surface area (Å²) in [5.41, 5.74) is 7.70. The minimum Gasteiger partial charge on any atom is -0.497 e. The van der Waals surface area contributed by atoms with E-state index in [0.717, 1.165) is 31.7 Å². The molecule has 1 aromatic rings. The number of carbonyl (C=O) groups is 1. The Morgan fingerprint density at radius 1 is 1.12 bits per heavy atom. The van der Waals surface area contributed by atoms with Crippen LogP contribution in [0, 0.1) is 5.92 Å². The van der Waals surface area contributed by atoms with Gasteiger partial charge in [-0.1, -0.05) is 18.6 Å². The third-order valence-corrected chi connectivity index (χ3v) is 5.47. The molecule has 2 N–H and O–H groups in total. The molecular formula is C19H29N3O2. The average Bonchev–Trinajstić information content (AvgIpc) is 2.80. The van der Waals surface area contributed by atoms with E-state index in [0.29, 0.717) is 5.92 Å². The summed E-state index contributed by atoms with van der Waals surface area (Å²) in [5.74, 6) is 1.59. The van der Waals surface area contributed by atoms with E-state index in [-0.39, 0.29) is 23.9 Å². The summed E-state index contributed by atoms with van der Waals surface area (Å²) >= 11 is 0. The SMILES string of the molecule is COc1ccc(C2CCCCN(C(=O)C3C(C)NNC3C)C2)cc1. The molecule has 2 heterocycles. The minimum atomic E-state index is 0.0135. The van der Waals surface area contributed by atoms with Crippen molar-refractivity contribution < 1.29 is 9.53 Å². The van der Waals surface area contributed by atoms with E-state index in [1.54, 1.807) is 7.11 Å². The van der Waals surface area contributed by atoms with Gasteiger partial charge in [0.2, 0.25) is 5.91 Å². The Kier molecular flexibility index (Phi) is 5.41. The zero-order valence-corrected chi connectivity index (χ0v) is 14.9. The molecule has 3 atom stereocenters. The maximum Gasteiger partial charge on any atom is 0.228 e. The first-order valence-electron chi connectivity index (χ1n) is 9.04. The normalized spacial score (nSPS) is 30.9. The maximum absolute atomic E-state index is 13.1. The highest BCUT2D eigenvalue weighted by Crippen LogP contribution is 2.29. The summed E-state index contributed by atoms with van der Waals surface area (Å²) in [6, 6.07) is 8.66. The van der Waals surface area contributed by atoms with Gasteiger partial charge in [-0.25, -0.2) is 0 Å². The fraction of sp³-hybridized carbons (Fsp3) is 0.632. The standard InChI is InChI=1S/C19H29N3O2/c1-13-18(14(2)21-20-13)19(23)22-11-5-4-6-16(12-22)15-7-9-17(24-3)10-8-15/h7-10,13-14,16,18,20-21H,4-6,11-12H2,1-3H3. The van der Waals surface area contributed by atoms with Gasteiger partial charge in [0.25, 0.3) is 0 Å². The second-order valence-electron chi connectivity index (χ2n) is 7.14. The first-order valence-corrected chi connectivity index (χ1v) is 9.04. The molecule has 5 nitrogen and oxygen atoms in total. The summed E-state index contributed by atoms with van der Waals surface area (Å²) in [5, 5.41) is 0. The fourth-order valence-corrected chi connectivity index (χ4v) is 4.00. The molecule has 2 aliphatic heterocycles. The van der Waals surface area contributed by atoms with E-state index in [4.69, 9.17) is 4.74 Å². The number of hydrogen-bond donors (Lipinski definition) is 2. The van der Waals surface area contributed by atoms with Crippen LogP contribution in [-0.2, 0) is 4.79 Å². The third kappa shape index (κ3) is 3.57. The van der Waals surface area contributed by atoms with Crippen LogP contribution in [0.1, 0.15) is 44.6 Å². The molecule has 1 aromatic carbocycles. The highest BCUT2D eigenvalue weighted by Gasteiger charge is 2.38. The van der Waals surface area contributed by atoms with Gasteiger partial charge >= 0.3 is 0 Å². The number of rotatable bonds is 3. The van der Waals surface area contributed by atoms with Gasteiger partial charge in [-0.2, -0.15) is 0 Å². The van der Waals surface area contributed by atoms with Crippen LogP contribution in [0.15, 0.2) is 24.3 Å². The molecule has 5 heteroatoms. The minimum absolute atomic E-state index is 0.0135. The van der Waals surface area contributed by atoms with Crippen molar-refractivity contribution in [3.05, 3.63) is 29.8 Å². The van der Waals surface area contributed by atoms with Gasteiger partial charge in [-0.05, 0) is 44.4 Å². The third-order valence-electron chi connectivity index (χ3n) is 5.47. The Balaban J connectivity index is 1.73. The van der Waals surface area contributed by atoms with Crippen molar-refractivity contribution in [3.63, 3.8) is 0 Å². The molecule has 0 bridgehead atoms. The molecule has 2 saturated heterocycles. The van der Waals surface area contributed by atoms with Crippen LogP contribution in [0.3, 0.4) is 0 Å². The number of nitrogens with one attached hydrogen (secondary N) is 2. The average molecular weight is 331 g/mol. The van der Waals surface area contributed by atoms with Crippen molar-refractivity contribution in [2.24, 2.45) is 5.92 Å². The van der Waals surface area contributed by atoms with Gasteiger partial charge in [0.15, 0.2) is 0 Å². The van der Waals surface area contributed by atoms with Gasteiger partial charge in [0.05, 0.1) is 13.0 Å². The molecule has 0 spiro atoms. The van der Waals surface area contributed by atoms with E-state index in [9.17, 15) is 4.79 Å². The largest absolute Gasteiger partial charge is 0.497 e. The lowest BCUT2D eigenvalue weighted by Crippen LogP contribution is -2.44. The van der Waals surface area contributed by atoms with Gasteiger partial charge in [0, 0.05) is 31.1 Å². The van der Waals surface area contributed by atoms with Gasteiger partial charge in [-0.3, -0.25) is 15.6 Å². The number of benzene rings is 1. The molecule has 0 radical (unpaired) electrons. The number of hydrogen-bond acceptors (Lipinski definition) is 4. The van der Waals surface area contributed by atoms with Crippen LogP contribution >= 0.6 is 0 Å². The topological polar surface area (TPSA) is 53.6 Å². The second-order valence-corrected chi connectivity index (χ2v) is 7.14. The van der Waals surface area contributed by atoms with Gasteiger partial charge in [-0.15, -0.1) is 0 Å². The van der Waals surface area contributed by atoms with Crippen LogP contribution in [0.2, 0.25) is 0 Å².